The zero-order chi connectivity index (χ0) is 8.97. The van der Waals surface area contributed by atoms with E-state index in [-0.39, 0.29) is 0 Å². The lowest BCUT2D eigenvalue weighted by Gasteiger charge is -2.29. The van der Waals surface area contributed by atoms with E-state index < -0.39 is 6.09 Å². The van der Waals surface area contributed by atoms with E-state index in [1.54, 1.807) is 0 Å². The summed E-state index contributed by atoms with van der Waals surface area (Å²) in [5, 5.41) is 14.1. The maximum atomic E-state index is 10.2. The largest absolute Gasteiger partial charge is 0.465 e. The second-order valence-corrected chi connectivity index (χ2v) is 3.37. The van der Waals surface area contributed by atoms with Crippen LogP contribution >= 0.6 is 0 Å². The predicted molar refractivity (Wildman–Crippen MR) is 46.2 cm³/mol. The molecule has 1 heterocycles. The Kier molecular flexibility index (Phi) is 3.34. The summed E-state index contributed by atoms with van der Waals surface area (Å²) in [7, 11) is 0. The Hall–Kier alpha value is -0.770. The zero-order valence-electron chi connectivity index (χ0n) is 7.34. The Bertz CT molecular complexity index is 161. The first kappa shape index (κ1) is 9.32. The highest BCUT2D eigenvalue weighted by Crippen LogP contribution is 2.14. The van der Waals surface area contributed by atoms with Gasteiger partial charge in [-0.2, -0.15) is 0 Å². The van der Waals surface area contributed by atoms with Crippen LogP contribution in [0.3, 0.4) is 0 Å². The van der Waals surface area contributed by atoms with Crippen LogP contribution in [0.4, 0.5) is 4.79 Å². The Labute approximate surface area is 72.3 Å². The van der Waals surface area contributed by atoms with Crippen LogP contribution in [0.1, 0.15) is 19.8 Å². The lowest BCUT2D eigenvalue weighted by molar-refractivity contribution is 0.189. The molecule has 0 spiro atoms. The fourth-order valence-electron chi connectivity index (χ4n) is 1.58. The van der Waals surface area contributed by atoms with Gasteiger partial charge in [0.15, 0.2) is 0 Å². The molecule has 0 aliphatic carbocycles. The second-order valence-electron chi connectivity index (χ2n) is 3.37. The highest BCUT2D eigenvalue weighted by atomic mass is 16.4. The monoisotopic (exact) mass is 172 g/mol. The molecule has 0 unspecified atom stereocenters. The van der Waals surface area contributed by atoms with E-state index in [1.165, 1.54) is 12.8 Å². The molecule has 1 rings (SSSR count). The maximum Gasteiger partial charge on any atom is 0.404 e. The molecule has 1 saturated heterocycles. The Morgan fingerprint density at radius 2 is 2.50 bits per heavy atom. The van der Waals surface area contributed by atoms with Crippen LogP contribution in [-0.2, 0) is 0 Å². The topological polar surface area (TPSA) is 61.4 Å². The molecule has 12 heavy (non-hydrogen) atoms. The molecular weight excluding hydrogens is 156 g/mol. The predicted octanol–water partition coefficient (Wildman–Crippen LogP) is 0.642. The van der Waals surface area contributed by atoms with Gasteiger partial charge in [0.25, 0.3) is 0 Å². The molecule has 0 aromatic rings. The molecule has 0 aromatic carbocycles. The third-order valence-corrected chi connectivity index (χ3v) is 2.40. The fraction of sp³-hybridized carbons (Fsp3) is 0.875. The summed E-state index contributed by atoms with van der Waals surface area (Å²) in [4.78, 5) is 10.2. The van der Waals surface area contributed by atoms with Crippen molar-refractivity contribution in [1.82, 2.24) is 10.6 Å². The summed E-state index contributed by atoms with van der Waals surface area (Å²) in [6, 6.07) is 0.315. The Balaban J connectivity index is 2.24. The highest BCUT2D eigenvalue weighted by Gasteiger charge is 2.20. The van der Waals surface area contributed by atoms with Gasteiger partial charge in [0, 0.05) is 12.6 Å². The molecule has 3 N–H and O–H groups in total. The summed E-state index contributed by atoms with van der Waals surface area (Å²) in [6.07, 6.45) is 1.46. The van der Waals surface area contributed by atoms with Crippen LogP contribution in [0.5, 0.6) is 0 Å². The van der Waals surface area contributed by atoms with Gasteiger partial charge in [-0.3, -0.25) is 0 Å². The fourth-order valence-corrected chi connectivity index (χ4v) is 1.58. The quantitative estimate of drug-likeness (QED) is 0.573. The summed E-state index contributed by atoms with van der Waals surface area (Å²) >= 11 is 0. The van der Waals surface area contributed by atoms with E-state index in [0.717, 1.165) is 6.54 Å². The van der Waals surface area contributed by atoms with Crippen LogP contribution in [-0.4, -0.2) is 30.3 Å². The minimum absolute atomic E-state index is 0.315. The highest BCUT2D eigenvalue weighted by molar-refractivity contribution is 5.64. The van der Waals surface area contributed by atoms with Crippen LogP contribution in [0.15, 0.2) is 0 Å². The summed E-state index contributed by atoms with van der Waals surface area (Å²) in [5.41, 5.74) is 0. The SMILES string of the molecule is C[C@H]1CCCN[C@@H]1CNC(=O)O. The molecule has 0 bridgehead atoms. The second kappa shape index (κ2) is 4.30. The number of nitrogens with one attached hydrogen (secondary N) is 2. The van der Waals surface area contributed by atoms with Gasteiger partial charge in [0.2, 0.25) is 0 Å². The van der Waals surface area contributed by atoms with Crippen molar-refractivity contribution in [1.29, 1.82) is 0 Å². The molecule has 1 fully saturated rings. The number of piperidine rings is 1. The molecule has 0 radical (unpaired) electrons. The summed E-state index contributed by atoms with van der Waals surface area (Å²) in [6.45, 7) is 3.69. The number of rotatable bonds is 2. The van der Waals surface area contributed by atoms with Crippen molar-refractivity contribution in [3.05, 3.63) is 0 Å². The van der Waals surface area contributed by atoms with Crippen molar-refractivity contribution < 1.29 is 9.90 Å². The summed E-state index contributed by atoms with van der Waals surface area (Å²) in [5.74, 6) is 0.575. The average Bonchev–Trinajstić information content (AvgIpc) is 2.03. The molecule has 1 amide bonds. The zero-order valence-corrected chi connectivity index (χ0v) is 7.34. The molecule has 0 saturated carbocycles. The first-order valence-corrected chi connectivity index (χ1v) is 4.40. The molecule has 0 aromatic heterocycles. The van der Waals surface area contributed by atoms with Crippen LogP contribution in [0, 0.1) is 5.92 Å². The van der Waals surface area contributed by atoms with Crippen molar-refractivity contribution in [3.63, 3.8) is 0 Å². The first-order chi connectivity index (χ1) is 5.70. The minimum atomic E-state index is -0.936. The molecule has 70 valence electrons. The van der Waals surface area contributed by atoms with Crippen molar-refractivity contribution in [2.75, 3.05) is 13.1 Å². The lowest BCUT2D eigenvalue weighted by Crippen LogP contribution is -2.47. The van der Waals surface area contributed by atoms with Gasteiger partial charge in [-0.1, -0.05) is 6.92 Å². The van der Waals surface area contributed by atoms with E-state index in [0.29, 0.717) is 18.5 Å². The molecule has 2 atom stereocenters. The number of hydrogen-bond donors (Lipinski definition) is 3. The van der Waals surface area contributed by atoms with Crippen molar-refractivity contribution in [2.45, 2.75) is 25.8 Å². The van der Waals surface area contributed by atoms with Gasteiger partial charge in [0.05, 0.1) is 0 Å². The summed E-state index contributed by atoms with van der Waals surface area (Å²) < 4.78 is 0. The van der Waals surface area contributed by atoms with Gasteiger partial charge in [-0.05, 0) is 25.3 Å². The number of amides is 1. The normalized spacial score (nSPS) is 29.8. The van der Waals surface area contributed by atoms with Gasteiger partial charge in [-0.15, -0.1) is 0 Å². The van der Waals surface area contributed by atoms with Gasteiger partial charge >= 0.3 is 6.09 Å². The van der Waals surface area contributed by atoms with E-state index >= 15 is 0 Å². The number of hydrogen-bond acceptors (Lipinski definition) is 2. The van der Waals surface area contributed by atoms with Crippen molar-refractivity contribution in [2.24, 2.45) is 5.92 Å². The molecular formula is C8H16N2O2. The third-order valence-electron chi connectivity index (χ3n) is 2.40. The molecule has 4 heteroatoms. The van der Waals surface area contributed by atoms with Crippen molar-refractivity contribution in [3.8, 4) is 0 Å². The van der Waals surface area contributed by atoms with Crippen LogP contribution in [0.25, 0.3) is 0 Å². The Morgan fingerprint density at radius 3 is 3.08 bits per heavy atom. The maximum absolute atomic E-state index is 10.2. The van der Waals surface area contributed by atoms with E-state index in [9.17, 15) is 4.79 Å². The smallest absolute Gasteiger partial charge is 0.404 e. The van der Waals surface area contributed by atoms with Crippen LogP contribution < -0.4 is 10.6 Å². The van der Waals surface area contributed by atoms with Gasteiger partial charge < -0.3 is 15.7 Å². The molecule has 1 aliphatic heterocycles. The van der Waals surface area contributed by atoms with Crippen molar-refractivity contribution >= 4 is 6.09 Å². The van der Waals surface area contributed by atoms with E-state index in [1.807, 2.05) is 0 Å². The first-order valence-electron chi connectivity index (χ1n) is 4.40. The third kappa shape index (κ3) is 2.70. The standard InChI is InChI=1S/C8H16N2O2/c1-6-3-2-4-9-7(6)5-10-8(11)12/h6-7,9-10H,2-5H2,1H3,(H,11,12)/t6-,7+/m0/s1. The van der Waals surface area contributed by atoms with Crippen LogP contribution in [0.2, 0.25) is 0 Å². The minimum Gasteiger partial charge on any atom is -0.465 e. The lowest BCUT2D eigenvalue weighted by atomic mass is 9.93. The van der Waals surface area contributed by atoms with Gasteiger partial charge in [0.1, 0.15) is 0 Å². The average molecular weight is 172 g/mol. The number of carboxylic acid groups (broad SMARTS) is 1. The van der Waals surface area contributed by atoms with E-state index in [2.05, 4.69) is 17.6 Å². The van der Waals surface area contributed by atoms with E-state index in [4.69, 9.17) is 5.11 Å². The molecule has 1 aliphatic rings. The molecule has 4 nitrogen and oxygen atoms in total. The van der Waals surface area contributed by atoms with Gasteiger partial charge in [-0.25, -0.2) is 4.79 Å². The Morgan fingerprint density at radius 1 is 1.75 bits per heavy atom. The number of carbonyl (C=O) groups is 1.